The molecule has 0 saturated carbocycles. The molecule has 20 heavy (non-hydrogen) atoms. The average Bonchev–Trinajstić information content (AvgIpc) is 2.80. The van der Waals surface area contributed by atoms with E-state index in [0.717, 1.165) is 48.2 Å². The number of nitrogens with one attached hydrogen (secondary N) is 1. The van der Waals surface area contributed by atoms with Crippen molar-refractivity contribution in [2.75, 3.05) is 36.8 Å². The van der Waals surface area contributed by atoms with Crippen LogP contribution in [-0.4, -0.2) is 47.6 Å². The molecule has 0 spiro atoms. The number of anilines is 1. The van der Waals surface area contributed by atoms with Crippen molar-refractivity contribution in [1.29, 1.82) is 0 Å². The summed E-state index contributed by atoms with van der Waals surface area (Å²) in [6, 6.07) is 5.96. The van der Waals surface area contributed by atoms with Gasteiger partial charge < -0.3 is 15.3 Å². The molecule has 0 bridgehead atoms. The van der Waals surface area contributed by atoms with Crippen LogP contribution >= 0.6 is 11.8 Å². The van der Waals surface area contributed by atoms with Crippen molar-refractivity contribution in [3.8, 4) is 5.75 Å². The van der Waals surface area contributed by atoms with Gasteiger partial charge in [-0.1, -0.05) is 0 Å². The minimum absolute atomic E-state index is 0.0242. The fourth-order valence-electron chi connectivity index (χ4n) is 2.54. The summed E-state index contributed by atoms with van der Waals surface area (Å²) in [5.41, 5.74) is 1.93. The Morgan fingerprint density at radius 2 is 2.05 bits per heavy atom. The summed E-state index contributed by atoms with van der Waals surface area (Å²) in [6.07, 6.45) is 0. The van der Waals surface area contributed by atoms with Gasteiger partial charge in [0.25, 0.3) is 0 Å². The largest absolute Gasteiger partial charge is 0.507 e. The molecular weight excluding hydrogens is 270 g/mol. The summed E-state index contributed by atoms with van der Waals surface area (Å²) in [7, 11) is 0. The normalized spacial score (nSPS) is 21.9. The molecule has 0 aromatic heterocycles. The number of phenolic OH excluding ortho intramolecular Hbond substituents is 1. The van der Waals surface area contributed by atoms with Crippen LogP contribution in [0.3, 0.4) is 0 Å². The van der Waals surface area contributed by atoms with Crippen molar-refractivity contribution < 1.29 is 5.11 Å². The summed E-state index contributed by atoms with van der Waals surface area (Å²) < 4.78 is 0. The summed E-state index contributed by atoms with van der Waals surface area (Å²) in [6.45, 7) is 8.22. The van der Waals surface area contributed by atoms with Crippen molar-refractivity contribution in [2.45, 2.75) is 19.4 Å². The predicted molar refractivity (Wildman–Crippen MR) is 86.3 cm³/mol. The molecule has 108 valence electrons. The molecule has 1 aromatic rings. The second-order valence-electron chi connectivity index (χ2n) is 5.96. The van der Waals surface area contributed by atoms with E-state index in [2.05, 4.69) is 35.1 Å². The van der Waals surface area contributed by atoms with Crippen molar-refractivity contribution in [3.05, 3.63) is 23.8 Å². The molecule has 0 radical (unpaired) electrons. The molecule has 1 fully saturated rings. The van der Waals surface area contributed by atoms with E-state index in [0.29, 0.717) is 5.75 Å². The van der Waals surface area contributed by atoms with E-state index in [9.17, 15) is 5.11 Å². The molecule has 1 aromatic carbocycles. The van der Waals surface area contributed by atoms with Gasteiger partial charge in [0.2, 0.25) is 0 Å². The number of phenols is 1. The van der Waals surface area contributed by atoms with E-state index < -0.39 is 0 Å². The van der Waals surface area contributed by atoms with Gasteiger partial charge in [-0.15, -0.1) is 11.8 Å². The minimum Gasteiger partial charge on any atom is -0.507 e. The third-order valence-electron chi connectivity index (χ3n) is 3.66. The molecule has 2 heterocycles. The van der Waals surface area contributed by atoms with Crippen molar-refractivity contribution >= 4 is 22.5 Å². The molecule has 0 atom stereocenters. The monoisotopic (exact) mass is 291 g/mol. The molecule has 2 aliphatic rings. The van der Waals surface area contributed by atoms with E-state index in [1.807, 2.05) is 12.1 Å². The Kier molecular flexibility index (Phi) is 3.65. The zero-order valence-electron chi connectivity index (χ0n) is 12.0. The van der Waals surface area contributed by atoms with Crippen molar-refractivity contribution in [2.24, 2.45) is 4.99 Å². The molecule has 0 unspecified atom stereocenters. The number of aromatic hydroxyl groups is 1. The maximum absolute atomic E-state index is 10.3. The van der Waals surface area contributed by atoms with Crippen LogP contribution in [0.1, 0.15) is 19.4 Å². The number of hydrogen-bond donors (Lipinski definition) is 2. The number of piperazine rings is 1. The van der Waals surface area contributed by atoms with E-state index in [4.69, 9.17) is 0 Å². The standard InChI is InChI=1S/C15H21N3OS/c1-15(2)10-20-14(17-15)12-4-3-11(9-13(12)19)18-7-5-16-6-8-18/h3-4,9,16,19H,5-8,10H2,1-2H3. The van der Waals surface area contributed by atoms with Crippen LogP contribution in [0.4, 0.5) is 5.69 Å². The Bertz CT molecular complexity index is 536. The number of benzene rings is 1. The first-order chi connectivity index (χ1) is 9.55. The van der Waals surface area contributed by atoms with Gasteiger partial charge in [-0.2, -0.15) is 0 Å². The van der Waals surface area contributed by atoms with Gasteiger partial charge in [0, 0.05) is 49.2 Å². The molecule has 1 saturated heterocycles. The fraction of sp³-hybridized carbons (Fsp3) is 0.533. The second kappa shape index (κ2) is 5.30. The van der Waals surface area contributed by atoms with Gasteiger partial charge in [0.05, 0.1) is 5.54 Å². The lowest BCUT2D eigenvalue weighted by atomic mass is 10.1. The van der Waals surface area contributed by atoms with Crippen LogP contribution in [0, 0.1) is 0 Å². The van der Waals surface area contributed by atoms with Crippen LogP contribution < -0.4 is 10.2 Å². The van der Waals surface area contributed by atoms with Gasteiger partial charge in [0.15, 0.2) is 0 Å². The van der Waals surface area contributed by atoms with Crippen molar-refractivity contribution in [3.63, 3.8) is 0 Å². The lowest BCUT2D eigenvalue weighted by Crippen LogP contribution is -2.43. The third-order valence-corrected chi connectivity index (χ3v) is 5.10. The maximum Gasteiger partial charge on any atom is 0.127 e. The molecule has 5 heteroatoms. The Hall–Kier alpha value is -1.20. The SMILES string of the molecule is CC1(C)CSC(c2ccc(N3CCNCC3)cc2O)=N1. The Labute approximate surface area is 124 Å². The Morgan fingerprint density at radius 3 is 2.65 bits per heavy atom. The zero-order valence-corrected chi connectivity index (χ0v) is 12.8. The van der Waals surface area contributed by atoms with Crippen LogP contribution in [0.5, 0.6) is 5.75 Å². The smallest absolute Gasteiger partial charge is 0.127 e. The van der Waals surface area contributed by atoms with Crippen LogP contribution in [0.15, 0.2) is 23.2 Å². The molecule has 4 nitrogen and oxygen atoms in total. The Balaban J connectivity index is 1.84. The highest BCUT2D eigenvalue weighted by Gasteiger charge is 2.27. The number of rotatable bonds is 2. The highest BCUT2D eigenvalue weighted by Crippen LogP contribution is 2.35. The highest BCUT2D eigenvalue weighted by molar-refractivity contribution is 8.14. The van der Waals surface area contributed by atoms with Gasteiger partial charge in [-0.3, -0.25) is 4.99 Å². The van der Waals surface area contributed by atoms with Crippen molar-refractivity contribution in [1.82, 2.24) is 5.32 Å². The van der Waals surface area contributed by atoms with Gasteiger partial charge in [0.1, 0.15) is 10.8 Å². The number of thioether (sulfide) groups is 1. The van der Waals surface area contributed by atoms with E-state index in [1.54, 1.807) is 11.8 Å². The molecule has 3 rings (SSSR count). The number of nitrogens with zero attached hydrogens (tertiary/aromatic N) is 2. The summed E-state index contributed by atoms with van der Waals surface area (Å²) in [5, 5.41) is 14.6. The lowest BCUT2D eigenvalue weighted by Gasteiger charge is -2.29. The Morgan fingerprint density at radius 1 is 1.30 bits per heavy atom. The topological polar surface area (TPSA) is 47.9 Å². The molecular formula is C15H21N3OS. The van der Waals surface area contributed by atoms with Crippen LogP contribution in [0.2, 0.25) is 0 Å². The number of hydrogen-bond acceptors (Lipinski definition) is 5. The summed E-state index contributed by atoms with van der Waals surface area (Å²) in [4.78, 5) is 6.99. The van der Waals surface area contributed by atoms with Crippen LogP contribution in [-0.2, 0) is 0 Å². The van der Waals surface area contributed by atoms with E-state index in [1.165, 1.54) is 0 Å². The molecule has 2 N–H and O–H groups in total. The first-order valence-electron chi connectivity index (χ1n) is 7.07. The second-order valence-corrected chi connectivity index (χ2v) is 6.92. The van der Waals surface area contributed by atoms with Gasteiger partial charge >= 0.3 is 0 Å². The predicted octanol–water partition coefficient (Wildman–Crippen LogP) is 2.07. The highest BCUT2D eigenvalue weighted by atomic mass is 32.2. The molecule has 0 aliphatic carbocycles. The molecule has 2 aliphatic heterocycles. The minimum atomic E-state index is -0.0242. The van der Waals surface area contributed by atoms with Gasteiger partial charge in [-0.25, -0.2) is 0 Å². The van der Waals surface area contributed by atoms with Gasteiger partial charge in [-0.05, 0) is 26.0 Å². The average molecular weight is 291 g/mol. The number of aliphatic imine (C=N–C) groups is 1. The van der Waals surface area contributed by atoms with Crippen LogP contribution in [0.25, 0.3) is 0 Å². The zero-order chi connectivity index (χ0) is 14.2. The summed E-state index contributed by atoms with van der Waals surface area (Å²) in [5.74, 6) is 1.31. The third kappa shape index (κ3) is 2.79. The first kappa shape index (κ1) is 13.8. The molecule has 0 amide bonds. The van der Waals surface area contributed by atoms with E-state index >= 15 is 0 Å². The lowest BCUT2D eigenvalue weighted by molar-refractivity contribution is 0.473. The quantitative estimate of drug-likeness (QED) is 0.876. The summed E-state index contributed by atoms with van der Waals surface area (Å²) >= 11 is 1.72. The fourth-order valence-corrected chi connectivity index (χ4v) is 3.74. The van der Waals surface area contributed by atoms with E-state index in [-0.39, 0.29) is 5.54 Å². The maximum atomic E-state index is 10.3. The first-order valence-corrected chi connectivity index (χ1v) is 8.05.